The van der Waals surface area contributed by atoms with Crippen molar-refractivity contribution in [1.82, 2.24) is 20.6 Å². The molecule has 0 spiro atoms. The number of carbonyl (C=O) groups is 2. The molecule has 9 nitrogen and oxygen atoms in total. The van der Waals surface area contributed by atoms with Crippen molar-refractivity contribution in [3.05, 3.63) is 84.2 Å². The molecule has 0 bridgehead atoms. The Bertz CT molecular complexity index is 1320. The Balaban J connectivity index is 1.35. The van der Waals surface area contributed by atoms with E-state index in [4.69, 9.17) is 9.47 Å². The maximum absolute atomic E-state index is 12.4. The summed E-state index contributed by atoms with van der Waals surface area (Å²) in [7, 11) is 3.05. The molecule has 0 fully saturated rings. The van der Waals surface area contributed by atoms with Crippen molar-refractivity contribution in [2.75, 3.05) is 19.5 Å². The summed E-state index contributed by atoms with van der Waals surface area (Å²) in [6, 6.07) is 19.5. The number of hydrogen-bond acceptors (Lipinski definition) is 6. The Morgan fingerprint density at radius 3 is 2.53 bits per heavy atom. The van der Waals surface area contributed by atoms with E-state index in [0.29, 0.717) is 29.6 Å². The smallest absolute Gasteiger partial charge is 0.319 e. The summed E-state index contributed by atoms with van der Waals surface area (Å²) in [4.78, 5) is 32.6. The molecule has 0 unspecified atom stereocenters. The lowest BCUT2D eigenvalue weighted by molar-refractivity contribution is 0.0958. The van der Waals surface area contributed by atoms with Crippen LogP contribution in [-0.4, -0.2) is 36.1 Å². The van der Waals surface area contributed by atoms with Gasteiger partial charge in [0.05, 0.1) is 12.6 Å². The summed E-state index contributed by atoms with van der Waals surface area (Å²) in [5.74, 6) is 1.14. The number of hydrogen-bond donors (Lipinski definition) is 3. The average Bonchev–Trinajstić information content (AvgIpc) is 2.87. The lowest BCUT2D eigenvalue weighted by Crippen LogP contribution is -2.28. The Kier molecular flexibility index (Phi) is 6.83. The second-order valence-corrected chi connectivity index (χ2v) is 7.25. The molecule has 2 aromatic carbocycles. The van der Waals surface area contributed by atoms with Gasteiger partial charge in [0.1, 0.15) is 22.9 Å². The van der Waals surface area contributed by atoms with Gasteiger partial charge in [-0.15, -0.1) is 0 Å². The fourth-order valence-corrected chi connectivity index (χ4v) is 3.23. The van der Waals surface area contributed by atoms with E-state index in [1.807, 2.05) is 42.5 Å². The molecule has 0 atom stereocenters. The van der Waals surface area contributed by atoms with Crippen molar-refractivity contribution in [2.24, 2.45) is 0 Å². The molecule has 172 valence electrons. The van der Waals surface area contributed by atoms with Gasteiger partial charge in [0, 0.05) is 31.2 Å². The minimum Gasteiger partial charge on any atom is -0.479 e. The van der Waals surface area contributed by atoms with Crippen LogP contribution in [0, 0.1) is 0 Å². The predicted octanol–water partition coefficient (Wildman–Crippen LogP) is 4.11. The van der Waals surface area contributed by atoms with Crippen molar-refractivity contribution < 1.29 is 19.1 Å². The van der Waals surface area contributed by atoms with Crippen LogP contribution in [0.5, 0.6) is 17.4 Å². The predicted molar refractivity (Wildman–Crippen MR) is 128 cm³/mol. The van der Waals surface area contributed by atoms with Crippen molar-refractivity contribution in [3.8, 4) is 17.4 Å². The van der Waals surface area contributed by atoms with E-state index in [-0.39, 0.29) is 17.6 Å². The molecule has 2 aromatic heterocycles. The topological polar surface area (TPSA) is 114 Å². The molecule has 0 aliphatic heterocycles. The van der Waals surface area contributed by atoms with E-state index >= 15 is 0 Å². The summed E-state index contributed by atoms with van der Waals surface area (Å²) < 4.78 is 11.1. The van der Waals surface area contributed by atoms with E-state index in [1.54, 1.807) is 31.3 Å². The number of rotatable bonds is 7. The highest BCUT2D eigenvalue weighted by atomic mass is 16.5. The average molecular weight is 457 g/mol. The van der Waals surface area contributed by atoms with Gasteiger partial charge in [0.25, 0.3) is 5.91 Å². The number of ether oxygens (including phenoxy) is 2. The number of nitrogens with one attached hydrogen (secondary N) is 3. The molecule has 0 saturated carbocycles. The Morgan fingerprint density at radius 1 is 0.971 bits per heavy atom. The number of pyridine rings is 2. The highest BCUT2D eigenvalue weighted by Crippen LogP contribution is 2.27. The maximum atomic E-state index is 12.4. The van der Waals surface area contributed by atoms with Crippen LogP contribution in [0.3, 0.4) is 0 Å². The van der Waals surface area contributed by atoms with Crippen LogP contribution in [-0.2, 0) is 6.54 Å². The van der Waals surface area contributed by atoms with Gasteiger partial charge < -0.3 is 25.4 Å². The van der Waals surface area contributed by atoms with Crippen LogP contribution in [0.15, 0.2) is 72.9 Å². The molecular weight excluding hydrogens is 434 g/mol. The Labute approximate surface area is 196 Å². The zero-order valence-electron chi connectivity index (χ0n) is 18.7. The van der Waals surface area contributed by atoms with E-state index in [9.17, 15) is 9.59 Å². The van der Waals surface area contributed by atoms with Gasteiger partial charge in [-0.3, -0.25) is 9.78 Å². The van der Waals surface area contributed by atoms with Gasteiger partial charge in [-0.25, -0.2) is 9.78 Å². The van der Waals surface area contributed by atoms with Crippen LogP contribution in [0.25, 0.3) is 10.9 Å². The summed E-state index contributed by atoms with van der Waals surface area (Å²) in [5, 5.41) is 9.02. The number of urea groups is 1. The normalized spacial score (nSPS) is 10.4. The summed E-state index contributed by atoms with van der Waals surface area (Å²) in [6.07, 6.45) is 1.51. The van der Waals surface area contributed by atoms with Gasteiger partial charge in [-0.05, 0) is 35.9 Å². The minimum atomic E-state index is -0.380. The monoisotopic (exact) mass is 457 g/mol. The van der Waals surface area contributed by atoms with E-state index in [0.717, 1.165) is 16.5 Å². The third-order valence-electron chi connectivity index (χ3n) is 4.93. The zero-order chi connectivity index (χ0) is 23.9. The zero-order valence-corrected chi connectivity index (χ0v) is 18.7. The summed E-state index contributed by atoms with van der Waals surface area (Å²) in [5.41, 5.74) is 2.41. The molecule has 0 aliphatic rings. The van der Waals surface area contributed by atoms with Gasteiger partial charge in [0.15, 0.2) is 0 Å². The summed E-state index contributed by atoms with van der Waals surface area (Å²) >= 11 is 0. The molecule has 0 radical (unpaired) electrons. The van der Waals surface area contributed by atoms with Gasteiger partial charge in [-0.1, -0.05) is 30.3 Å². The summed E-state index contributed by atoms with van der Waals surface area (Å²) in [6.45, 7) is 0.311. The minimum absolute atomic E-state index is 0.269. The highest BCUT2D eigenvalue weighted by molar-refractivity contribution is 5.94. The number of methoxy groups -OCH3 is 1. The van der Waals surface area contributed by atoms with Crippen molar-refractivity contribution in [2.45, 2.75) is 6.54 Å². The molecule has 3 N–H and O–H groups in total. The number of carbonyl (C=O) groups excluding carboxylic acids is 2. The SMILES string of the molecule is CNC(=O)c1cc(Oc2ccc(CNC(=O)Nc3cc4ccccc4nc3OC)cc2)ccn1. The second-order valence-electron chi connectivity index (χ2n) is 7.25. The molecular formula is C25H23N5O4. The molecule has 3 amide bonds. The van der Waals surface area contributed by atoms with Crippen molar-refractivity contribution in [1.29, 1.82) is 0 Å². The lowest BCUT2D eigenvalue weighted by atomic mass is 10.2. The first-order chi connectivity index (χ1) is 16.6. The standard InChI is InChI=1S/C25H23N5O4/c1-26-23(31)21-14-19(11-12-27-21)34-18-9-7-16(8-10-18)15-28-25(32)30-22-13-17-5-3-4-6-20(17)29-24(22)33-2/h3-14H,15H2,1-2H3,(H,26,31)(H2,28,30,32). The molecule has 34 heavy (non-hydrogen) atoms. The largest absolute Gasteiger partial charge is 0.479 e. The number of aromatic nitrogens is 2. The third kappa shape index (κ3) is 5.39. The van der Waals surface area contributed by atoms with Gasteiger partial charge in [-0.2, -0.15) is 0 Å². The van der Waals surface area contributed by atoms with E-state index in [1.165, 1.54) is 13.3 Å². The van der Waals surface area contributed by atoms with Crippen LogP contribution >= 0.6 is 0 Å². The van der Waals surface area contributed by atoms with Gasteiger partial charge in [0.2, 0.25) is 5.88 Å². The first-order valence-corrected chi connectivity index (χ1v) is 10.5. The third-order valence-corrected chi connectivity index (χ3v) is 4.93. The van der Waals surface area contributed by atoms with Crippen LogP contribution in [0.1, 0.15) is 16.1 Å². The maximum Gasteiger partial charge on any atom is 0.319 e. The van der Waals surface area contributed by atoms with Crippen LogP contribution in [0.2, 0.25) is 0 Å². The number of benzene rings is 2. The fourth-order valence-electron chi connectivity index (χ4n) is 3.23. The number of fused-ring (bicyclic) bond motifs is 1. The molecule has 0 aliphatic carbocycles. The Hall–Kier alpha value is -4.66. The molecule has 4 rings (SSSR count). The van der Waals surface area contributed by atoms with Crippen LogP contribution in [0.4, 0.5) is 10.5 Å². The Morgan fingerprint density at radius 2 is 1.76 bits per heavy atom. The van der Waals surface area contributed by atoms with Gasteiger partial charge >= 0.3 is 6.03 Å². The molecule has 2 heterocycles. The first-order valence-electron chi connectivity index (χ1n) is 10.5. The number of amides is 3. The van der Waals surface area contributed by atoms with Crippen LogP contribution < -0.4 is 25.4 Å². The first kappa shape index (κ1) is 22.5. The number of para-hydroxylation sites is 1. The quantitative estimate of drug-likeness (QED) is 0.385. The van der Waals surface area contributed by atoms with E-state index < -0.39 is 0 Å². The second kappa shape index (κ2) is 10.3. The van der Waals surface area contributed by atoms with E-state index in [2.05, 4.69) is 25.9 Å². The number of nitrogens with zero attached hydrogens (tertiary/aromatic N) is 2. The fraction of sp³-hybridized carbons (Fsp3) is 0.120. The molecule has 9 heteroatoms. The number of anilines is 1. The lowest BCUT2D eigenvalue weighted by Gasteiger charge is -2.12. The van der Waals surface area contributed by atoms with Crippen molar-refractivity contribution >= 4 is 28.5 Å². The van der Waals surface area contributed by atoms with Crippen molar-refractivity contribution in [3.63, 3.8) is 0 Å². The molecule has 4 aromatic rings. The molecule has 0 saturated heterocycles. The highest BCUT2D eigenvalue weighted by Gasteiger charge is 2.11.